The third-order valence-corrected chi connectivity index (χ3v) is 6.11. The Balaban J connectivity index is 1.28. The molecule has 1 N–H and O–H groups in total. The Morgan fingerprint density at radius 1 is 1.10 bits per heavy atom. The van der Waals surface area contributed by atoms with E-state index < -0.39 is 17.6 Å². The summed E-state index contributed by atoms with van der Waals surface area (Å²) >= 11 is 0. The molecular formula is C24H27F2N3O2. The molecule has 0 saturated carbocycles. The molecular weight excluding hydrogens is 400 g/mol. The van der Waals surface area contributed by atoms with Gasteiger partial charge in [0.15, 0.2) is 0 Å². The van der Waals surface area contributed by atoms with Crippen molar-refractivity contribution < 1.29 is 18.4 Å². The van der Waals surface area contributed by atoms with Crippen LogP contribution >= 0.6 is 0 Å². The predicted octanol–water partition coefficient (Wildman–Crippen LogP) is 3.35. The minimum absolute atomic E-state index is 0.0190. The quantitative estimate of drug-likeness (QED) is 0.769. The number of rotatable bonds is 6. The van der Waals surface area contributed by atoms with E-state index in [0.29, 0.717) is 12.5 Å². The van der Waals surface area contributed by atoms with E-state index in [1.807, 2.05) is 18.2 Å². The average molecular weight is 427 g/mol. The van der Waals surface area contributed by atoms with Crippen LogP contribution in [0.4, 0.5) is 14.5 Å². The second-order valence-corrected chi connectivity index (χ2v) is 8.48. The smallest absolute Gasteiger partial charge is 0.227 e. The number of amides is 2. The lowest BCUT2D eigenvalue weighted by atomic mass is 9.97. The predicted molar refractivity (Wildman–Crippen MR) is 114 cm³/mol. The minimum Gasteiger partial charge on any atom is -0.355 e. The number of halogens is 2. The summed E-state index contributed by atoms with van der Waals surface area (Å²) in [6.45, 7) is 3.55. The van der Waals surface area contributed by atoms with Crippen LogP contribution in [0.1, 0.15) is 24.8 Å². The van der Waals surface area contributed by atoms with Crippen molar-refractivity contribution in [3.63, 3.8) is 0 Å². The maximum atomic E-state index is 14.0. The second kappa shape index (κ2) is 9.56. The van der Waals surface area contributed by atoms with Gasteiger partial charge in [-0.05, 0) is 43.0 Å². The molecule has 2 unspecified atom stereocenters. The maximum absolute atomic E-state index is 14.0. The standard InChI is InChI=1S/C24H27F2N3O2/c25-20-8-9-22(21(26)12-20)29-16-19(11-23(29)30)24(31)27-13-18-7-4-10-28(15-18)14-17-5-2-1-3-6-17/h1-3,5-6,8-9,12,18-19H,4,7,10-11,13-16H2,(H,27,31). The molecule has 2 fully saturated rings. The molecule has 7 heteroatoms. The van der Waals surface area contributed by atoms with Gasteiger partial charge in [0.1, 0.15) is 11.6 Å². The Hall–Kier alpha value is -2.80. The minimum atomic E-state index is -0.796. The van der Waals surface area contributed by atoms with Crippen molar-refractivity contribution in [1.29, 1.82) is 0 Å². The van der Waals surface area contributed by atoms with Gasteiger partial charge in [-0.3, -0.25) is 14.5 Å². The van der Waals surface area contributed by atoms with E-state index in [0.717, 1.165) is 44.6 Å². The highest BCUT2D eigenvalue weighted by Gasteiger charge is 2.36. The average Bonchev–Trinajstić information content (AvgIpc) is 3.14. The Labute approximate surface area is 181 Å². The summed E-state index contributed by atoms with van der Waals surface area (Å²) in [6, 6.07) is 13.4. The van der Waals surface area contributed by atoms with Crippen molar-refractivity contribution >= 4 is 17.5 Å². The monoisotopic (exact) mass is 427 g/mol. The molecule has 0 aliphatic carbocycles. The fourth-order valence-corrected chi connectivity index (χ4v) is 4.51. The summed E-state index contributed by atoms with van der Waals surface area (Å²) in [7, 11) is 0. The zero-order valence-electron chi connectivity index (χ0n) is 17.4. The molecule has 0 aromatic heterocycles. The number of piperidine rings is 1. The van der Waals surface area contributed by atoms with Crippen LogP contribution in [0.3, 0.4) is 0 Å². The summed E-state index contributed by atoms with van der Waals surface area (Å²) < 4.78 is 27.2. The van der Waals surface area contributed by atoms with Gasteiger partial charge in [-0.25, -0.2) is 8.78 Å². The van der Waals surface area contributed by atoms with Crippen LogP contribution in [-0.4, -0.2) is 42.9 Å². The van der Waals surface area contributed by atoms with Gasteiger partial charge in [-0.15, -0.1) is 0 Å². The van der Waals surface area contributed by atoms with Crippen molar-refractivity contribution in [2.24, 2.45) is 11.8 Å². The highest BCUT2D eigenvalue weighted by molar-refractivity contribution is 6.00. The number of likely N-dealkylation sites (tertiary alicyclic amines) is 1. The summed E-state index contributed by atoms with van der Waals surface area (Å²) in [6.07, 6.45) is 2.18. The molecule has 2 amide bonds. The molecule has 2 heterocycles. The number of carbonyl (C=O) groups is 2. The number of hydrogen-bond acceptors (Lipinski definition) is 3. The first-order valence-corrected chi connectivity index (χ1v) is 10.8. The van der Waals surface area contributed by atoms with Crippen molar-refractivity contribution in [3.05, 3.63) is 65.7 Å². The first kappa shape index (κ1) is 21.4. The fourth-order valence-electron chi connectivity index (χ4n) is 4.51. The van der Waals surface area contributed by atoms with E-state index in [-0.39, 0.29) is 30.5 Å². The lowest BCUT2D eigenvalue weighted by molar-refractivity contribution is -0.126. The van der Waals surface area contributed by atoms with E-state index in [4.69, 9.17) is 0 Å². The molecule has 2 atom stereocenters. The molecule has 0 spiro atoms. The van der Waals surface area contributed by atoms with E-state index in [1.165, 1.54) is 16.5 Å². The number of anilines is 1. The highest BCUT2D eigenvalue weighted by Crippen LogP contribution is 2.28. The third-order valence-electron chi connectivity index (χ3n) is 6.11. The van der Waals surface area contributed by atoms with Crippen LogP contribution in [0, 0.1) is 23.5 Å². The number of nitrogens with zero attached hydrogens (tertiary/aromatic N) is 2. The summed E-state index contributed by atoms with van der Waals surface area (Å²) in [4.78, 5) is 28.6. The molecule has 4 rings (SSSR count). The van der Waals surface area contributed by atoms with Gasteiger partial charge < -0.3 is 10.2 Å². The number of hydrogen-bond donors (Lipinski definition) is 1. The van der Waals surface area contributed by atoms with Gasteiger partial charge in [0.2, 0.25) is 11.8 Å². The Morgan fingerprint density at radius 2 is 1.90 bits per heavy atom. The first-order valence-electron chi connectivity index (χ1n) is 10.8. The molecule has 2 aliphatic heterocycles. The fraction of sp³-hybridized carbons (Fsp3) is 0.417. The summed E-state index contributed by atoms with van der Waals surface area (Å²) in [5, 5.41) is 3.00. The topological polar surface area (TPSA) is 52.7 Å². The molecule has 0 bridgehead atoms. The molecule has 2 saturated heterocycles. The van der Waals surface area contributed by atoms with Crippen molar-refractivity contribution in [2.75, 3.05) is 31.1 Å². The van der Waals surface area contributed by atoms with Gasteiger partial charge in [0.05, 0.1) is 11.6 Å². The number of nitrogens with one attached hydrogen (secondary N) is 1. The maximum Gasteiger partial charge on any atom is 0.227 e. The lowest BCUT2D eigenvalue weighted by Gasteiger charge is -2.33. The van der Waals surface area contributed by atoms with Crippen LogP contribution < -0.4 is 10.2 Å². The SMILES string of the molecule is O=C(NCC1CCCN(Cc2ccccc2)C1)C1CC(=O)N(c2ccc(F)cc2F)C1. The third kappa shape index (κ3) is 5.28. The van der Waals surface area contributed by atoms with Crippen LogP contribution in [0.5, 0.6) is 0 Å². The Kier molecular flexibility index (Phi) is 6.61. The Bertz CT molecular complexity index is 938. The van der Waals surface area contributed by atoms with E-state index >= 15 is 0 Å². The molecule has 2 aromatic rings. The second-order valence-electron chi connectivity index (χ2n) is 8.48. The van der Waals surface area contributed by atoms with E-state index in [2.05, 4.69) is 22.3 Å². The number of carbonyl (C=O) groups excluding carboxylic acids is 2. The number of benzene rings is 2. The van der Waals surface area contributed by atoms with Crippen molar-refractivity contribution in [1.82, 2.24) is 10.2 Å². The van der Waals surface area contributed by atoms with Gasteiger partial charge in [-0.2, -0.15) is 0 Å². The van der Waals surface area contributed by atoms with Crippen LogP contribution in [0.2, 0.25) is 0 Å². The normalized spacial score (nSPS) is 22.0. The van der Waals surface area contributed by atoms with Crippen LogP contribution in [-0.2, 0) is 16.1 Å². The summed E-state index contributed by atoms with van der Waals surface area (Å²) in [5.74, 6) is -2.16. The van der Waals surface area contributed by atoms with Crippen LogP contribution in [0.15, 0.2) is 48.5 Å². The van der Waals surface area contributed by atoms with Crippen molar-refractivity contribution in [2.45, 2.75) is 25.8 Å². The zero-order chi connectivity index (χ0) is 21.8. The van der Waals surface area contributed by atoms with Gasteiger partial charge in [-0.1, -0.05) is 30.3 Å². The van der Waals surface area contributed by atoms with Gasteiger partial charge in [0.25, 0.3) is 0 Å². The molecule has 0 radical (unpaired) electrons. The zero-order valence-corrected chi connectivity index (χ0v) is 17.4. The largest absolute Gasteiger partial charge is 0.355 e. The molecule has 5 nitrogen and oxygen atoms in total. The first-order chi connectivity index (χ1) is 15.0. The molecule has 164 valence electrons. The van der Waals surface area contributed by atoms with Gasteiger partial charge >= 0.3 is 0 Å². The van der Waals surface area contributed by atoms with E-state index in [9.17, 15) is 18.4 Å². The summed E-state index contributed by atoms with van der Waals surface area (Å²) in [5.41, 5.74) is 1.30. The van der Waals surface area contributed by atoms with Crippen LogP contribution in [0.25, 0.3) is 0 Å². The lowest BCUT2D eigenvalue weighted by Crippen LogP contribution is -2.42. The molecule has 2 aromatic carbocycles. The molecule has 2 aliphatic rings. The van der Waals surface area contributed by atoms with E-state index in [1.54, 1.807) is 0 Å². The molecule has 31 heavy (non-hydrogen) atoms. The highest BCUT2D eigenvalue weighted by atomic mass is 19.1. The van der Waals surface area contributed by atoms with Gasteiger partial charge in [0, 0.05) is 38.7 Å². The Morgan fingerprint density at radius 3 is 2.68 bits per heavy atom. The van der Waals surface area contributed by atoms with Crippen molar-refractivity contribution in [3.8, 4) is 0 Å².